The lowest BCUT2D eigenvalue weighted by molar-refractivity contribution is -0.140. The minimum Gasteiger partial charge on any atom is -0.468 e. The van der Waals surface area contributed by atoms with Crippen molar-refractivity contribution in [2.45, 2.75) is 5.38 Å². The number of hydrogen-bond donors (Lipinski definition) is 1. The molecule has 102 valence electrons. The number of nitrogens with one attached hydrogen (secondary N) is 1. The second kappa shape index (κ2) is 6.53. The third-order valence-electron chi connectivity index (χ3n) is 1.66. The fraction of sp³-hybridized carbons (Fsp3) is 0.857. The Labute approximate surface area is 105 Å². The molecule has 1 atom stereocenters. The standard InChI is InChI=1S/C7H14ClNO6S2/c1-15-7(10)6(8)5-9-17(13,14)4-3-16(2,11)12/h6,9H,3-5H2,1-2H3. The second-order valence-electron chi connectivity index (χ2n) is 3.29. The molecule has 7 nitrogen and oxygen atoms in total. The van der Waals surface area contributed by atoms with Gasteiger partial charge in [0.2, 0.25) is 10.0 Å². The predicted molar refractivity (Wildman–Crippen MR) is 63.2 cm³/mol. The van der Waals surface area contributed by atoms with Crippen molar-refractivity contribution in [2.75, 3.05) is 31.4 Å². The molecule has 1 unspecified atom stereocenters. The summed E-state index contributed by atoms with van der Waals surface area (Å²) in [4.78, 5) is 10.9. The summed E-state index contributed by atoms with van der Waals surface area (Å²) >= 11 is 5.51. The molecule has 0 fully saturated rings. The molecule has 0 aromatic rings. The normalized spacial score (nSPS) is 14.3. The molecule has 0 saturated carbocycles. The summed E-state index contributed by atoms with van der Waals surface area (Å²) in [5, 5.41) is -1.15. The second-order valence-corrected chi connectivity index (χ2v) is 8.00. The Morgan fingerprint density at radius 3 is 2.24 bits per heavy atom. The van der Waals surface area contributed by atoms with E-state index in [-0.39, 0.29) is 6.54 Å². The van der Waals surface area contributed by atoms with E-state index in [0.29, 0.717) is 0 Å². The Bertz CT molecular complexity index is 457. The summed E-state index contributed by atoms with van der Waals surface area (Å²) in [5.41, 5.74) is 0. The van der Waals surface area contributed by atoms with Gasteiger partial charge in [0.15, 0.2) is 0 Å². The summed E-state index contributed by atoms with van der Waals surface area (Å²) in [6.45, 7) is -0.347. The van der Waals surface area contributed by atoms with Crippen molar-refractivity contribution in [2.24, 2.45) is 0 Å². The topological polar surface area (TPSA) is 107 Å². The Morgan fingerprint density at radius 2 is 1.82 bits per heavy atom. The number of hydrogen-bond acceptors (Lipinski definition) is 6. The van der Waals surface area contributed by atoms with Crippen LogP contribution in [0.4, 0.5) is 0 Å². The van der Waals surface area contributed by atoms with Crippen molar-refractivity contribution in [3.63, 3.8) is 0 Å². The first-order valence-corrected chi connectivity index (χ1v) is 8.59. The molecule has 0 bridgehead atoms. The lowest BCUT2D eigenvalue weighted by Crippen LogP contribution is -2.36. The summed E-state index contributed by atoms with van der Waals surface area (Å²) in [7, 11) is -6.01. The van der Waals surface area contributed by atoms with Crippen molar-refractivity contribution < 1.29 is 26.4 Å². The molecule has 10 heteroatoms. The molecule has 0 aliphatic heterocycles. The van der Waals surface area contributed by atoms with Gasteiger partial charge >= 0.3 is 5.97 Å². The molecule has 0 radical (unpaired) electrons. The zero-order valence-electron chi connectivity index (χ0n) is 9.34. The SMILES string of the molecule is COC(=O)C(Cl)CNS(=O)(=O)CCS(C)(=O)=O. The molecule has 0 aromatic heterocycles. The van der Waals surface area contributed by atoms with E-state index < -0.39 is 42.7 Å². The average Bonchev–Trinajstić information content (AvgIpc) is 2.21. The van der Waals surface area contributed by atoms with Crippen molar-refractivity contribution in [1.82, 2.24) is 4.72 Å². The van der Waals surface area contributed by atoms with Gasteiger partial charge in [-0.1, -0.05) is 0 Å². The van der Waals surface area contributed by atoms with Gasteiger partial charge in [0.05, 0.1) is 18.6 Å². The minimum absolute atomic E-state index is 0.347. The van der Waals surface area contributed by atoms with E-state index in [4.69, 9.17) is 11.6 Å². The van der Waals surface area contributed by atoms with E-state index in [2.05, 4.69) is 4.74 Å². The minimum atomic E-state index is -3.77. The number of carbonyl (C=O) groups is 1. The number of ether oxygens (including phenoxy) is 1. The predicted octanol–water partition coefficient (Wildman–Crippen LogP) is -1.27. The first-order chi connectivity index (χ1) is 7.57. The number of halogens is 1. The molecule has 0 saturated heterocycles. The van der Waals surface area contributed by atoms with Crippen LogP contribution in [-0.4, -0.2) is 59.6 Å². The van der Waals surface area contributed by atoms with E-state index in [1.807, 2.05) is 4.72 Å². The number of methoxy groups -OCH3 is 1. The molecule has 0 aromatic carbocycles. The molecule has 0 spiro atoms. The lowest BCUT2D eigenvalue weighted by Gasteiger charge is -2.09. The Kier molecular flexibility index (Phi) is 6.38. The number of carbonyl (C=O) groups excluding carboxylic acids is 1. The van der Waals surface area contributed by atoms with Crippen molar-refractivity contribution in [3.05, 3.63) is 0 Å². The molecular formula is C7H14ClNO6S2. The number of esters is 1. The summed E-state index contributed by atoms with van der Waals surface area (Å²) in [6, 6.07) is 0. The van der Waals surface area contributed by atoms with Gasteiger partial charge in [-0.2, -0.15) is 0 Å². The number of alkyl halides is 1. The van der Waals surface area contributed by atoms with Gasteiger partial charge in [-0.25, -0.2) is 21.6 Å². The van der Waals surface area contributed by atoms with Crippen LogP contribution in [0.25, 0.3) is 0 Å². The average molecular weight is 308 g/mol. The van der Waals surface area contributed by atoms with Crippen LogP contribution in [-0.2, 0) is 29.4 Å². The maximum atomic E-state index is 11.3. The quantitative estimate of drug-likeness (QED) is 0.464. The molecule has 1 N–H and O–H groups in total. The van der Waals surface area contributed by atoms with Gasteiger partial charge in [-0.3, -0.25) is 4.79 Å². The molecule has 17 heavy (non-hydrogen) atoms. The van der Waals surface area contributed by atoms with Gasteiger partial charge in [0, 0.05) is 12.8 Å². The van der Waals surface area contributed by atoms with Crippen LogP contribution >= 0.6 is 11.6 Å². The molecule has 0 amide bonds. The smallest absolute Gasteiger partial charge is 0.325 e. The van der Waals surface area contributed by atoms with Gasteiger partial charge in [0.25, 0.3) is 0 Å². The molecule has 0 heterocycles. The molecule has 0 aliphatic carbocycles. The van der Waals surface area contributed by atoms with Crippen LogP contribution < -0.4 is 4.72 Å². The van der Waals surface area contributed by atoms with Crippen LogP contribution in [0.15, 0.2) is 0 Å². The fourth-order valence-corrected chi connectivity index (χ4v) is 3.66. The third kappa shape index (κ3) is 8.36. The fourth-order valence-electron chi connectivity index (χ4n) is 0.745. The highest BCUT2D eigenvalue weighted by molar-refractivity contribution is 7.93. The first kappa shape index (κ1) is 16.6. The summed E-state index contributed by atoms with van der Waals surface area (Å²) in [5.74, 6) is -1.83. The first-order valence-electron chi connectivity index (χ1n) is 4.44. The van der Waals surface area contributed by atoms with Crippen LogP contribution in [0, 0.1) is 0 Å². The molecule has 0 aliphatic rings. The zero-order chi connectivity index (χ0) is 13.7. The molecular weight excluding hydrogens is 294 g/mol. The van der Waals surface area contributed by atoms with Gasteiger partial charge < -0.3 is 4.74 Å². The Hall–Kier alpha value is -0.380. The van der Waals surface area contributed by atoms with Crippen LogP contribution in [0.5, 0.6) is 0 Å². The van der Waals surface area contributed by atoms with Crippen molar-refractivity contribution in [3.8, 4) is 0 Å². The maximum absolute atomic E-state index is 11.3. The summed E-state index contributed by atoms with van der Waals surface area (Å²) in [6.07, 6.45) is 0.932. The van der Waals surface area contributed by atoms with Crippen molar-refractivity contribution in [1.29, 1.82) is 0 Å². The van der Waals surface area contributed by atoms with E-state index in [1.54, 1.807) is 0 Å². The lowest BCUT2D eigenvalue weighted by atomic mass is 10.4. The number of rotatable bonds is 7. The Balaban J connectivity index is 4.24. The van der Waals surface area contributed by atoms with E-state index in [0.717, 1.165) is 13.4 Å². The number of sulfonamides is 1. The monoisotopic (exact) mass is 307 g/mol. The third-order valence-corrected chi connectivity index (χ3v) is 4.55. The molecule has 0 rings (SSSR count). The van der Waals surface area contributed by atoms with Gasteiger partial charge in [-0.15, -0.1) is 11.6 Å². The van der Waals surface area contributed by atoms with E-state index in [9.17, 15) is 21.6 Å². The van der Waals surface area contributed by atoms with Crippen LogP contribution in [0.2, 0.25) is 0 Å². The highest BCUT2D eigenvalue weighted by Crippen LogP contribution is 1.98. The van der Waals surface area contributed by atoms with E-state index >= 15 is 0 Å². The summed E-state index contributed by atoms with van der Waals surface area (Å²) < 4.78 is 50.5. The number of sulfone groups is 1. The zero-order valence-corrected chi connectivity index (χ0v) is 11.7. The van der Waals surface area contributed by atoms with Crippen LogP contribution in [0.3, 0.4) is 0 Å². The van der Waals surface area contributed by atoms with Crippen molar-refractivity contribution >= 4 is 37.4 Å². The van der Waals surface area contributed by atoms with E-state index in [1.165, 1.54) is 0 Å². The highest BCUT2D eigenvalue weighted by Gasteiger charge is 2.20. The van der Waals surface area contributed by atoms with Crippen LogP contribution in [0.1, 0.15) is 0 Å². The van der Waals surface area contributed by atoms with Gasteiger partial charge in [0.1, 0.15) is 15.2 Å². The Morgan fingerprint density at radius 1 is 1.29 bits per heavy atom. The maximum Gasteiger partial charge on any atom is 0.325 e. The van der Waals surface area contributed by atoms with Gasteiger partial charge in [-0.05, 0) is 0 Å². The highest BCUT2D eigenvalue weighted by atomic mass is 35.5. The largest absolute Gasteiger partial charge is 0.468 e.